The van der Waals surface area contributed by atoms with Crippen LogP contribution in [-0.4, -0.2) is 35.5 Å². The number of amides is 1. The number of nitrogens with one attached hydrogen (secondary N) is 1. The Labute approximate surface area is 166 Å². The van der Waals surface area contributed by atoms with Gasteiger partial charge in [-0.05, 0) is 64.4 Å². The van der Waals surface area contributed by atoms with Gasteiger partial charge in [0.2, 0.25) is 0 Å². The van der Waals surface area contributed by atoms with Crippen LogP contribution in [0.5, 0.6) is 0 Å². The molecule has 0 fully saturated rings. The van der Waals surface area contributed by atoms with Gasteiger partial charge < -0.3 is 14.8 Å². The van der Waals surface area contributed by atoms with E-state index in [0.29, 0.717) is 12.6 Å². The van der Waals surface area contributed by atoms with Crippen molar-refractivity contribution in [3.05, 3.63) is 53.1 Å². The maximum absolute atomic E-state index is 12.9. The zero-order chi connectivity index (χ0) is 20.0. The highest BCUT2D eigenvalue weighted by Crippen LogP contribution is 2.38. The van der Waals surface area contributed by atoms with E-state index in [1.165, 1.54) is 21.8 Å². The number of benzene rings is 2. The van der Waals surface area contributed by atoms with E-state index in [9.17, 15) is 4.79 Å². The molecule has 2 heterocycles. The summed E-state index contributed by atoms with van der Waals surface area (Å²) in [5, 5.41) is 5.70. The number of anilines is 1. The Bertz CT molecular complexity index is 1100. The Morgan fingerprint density at radius 3 is 2.61 bits per heavy atom. The summed E-state index contributed by atoms with van der Waals surface area (Å²) >= 11 is 0. The lowest BCUT2D eigenvalue weighted by molar-refractivity contribution is -0.113. The number of carbonyl (C=O) groups excluding carboxylic acids is 1. The molecule has 1 aromatic heterocycles. The summed E-state index contributed by atoms with van der Waals surface area (Å²) < 4.78 is 2.40. The van der Waals surface area contributed by atoms with Crippen molar-refractivity contribution in [1.29, 1.82) is 0 Å². The number of likely N-dealkylation sites (N-methyl/N-ethyl adjacent to an activating group) is 1. The summed E-state index contributed by atoms with van der Waals surface area (Å²) in [5.41, 5.74) is 6.53. The van der Waals surface area contributed by atoms with Crippen molar-refractivity contribution < 1.29 is 4.79 Å². The van der Waals surface area contributed by atoms with E-state index < -0.39 is 0 Å². The molecule has 0 aliphatic carbocycles. The van der Waals surface area contributed by atoms with Crippen LogP contribution in [0.2, 0.25) is 0 Å². The number of hydrogen-bond donors (Lipinski definition) is 1. The predicted molar refractivity (Wildman–Crippen MR) is 118 cm³/mol. The smallest absolute Gasteiger partial charge is 0.252 e. The Hall–Kier alpha value is -2.59. The third-order valence-electron chi connectivity index (χ3n) is 5.83. The lowest BCUT2D eigenvalue weighted by atomic mass is 10.0. The van der Waals surface area contributed by atoms with Gasteiger partial charge >= 0.3 is 0 Å². The van der Waals surface area contributed by atoms with Crippen LogP contribution in [0.25, 0.3) is 21.8 Å². The lowest BCUT2D eigenvalue weighted by Gasteiger charge is -2.23. The normalized spacial score (nSPS) is 15.4. The highest BCUT2D eigenvalue weighted by molar-refractivity contribution is 6.14. The Kier molecular flexibility index (Phi) is 4.76. The largest absolute Gasteiger partial charge is 0.338 e. The Morgan fingerprint density at radius 1 is 1.14 bits per heavy atom. The van der Waals surface area contributed by atoms with E-state index >= 15 is 0 Å². The molecule has 1 aliphatic heterocycles. The van der Waals surface area contributed by atoms with Crippen molar-refractivity contribution in [2.75, 3.05) is 25.5 Å². The first-order chi connectivity index (χ1) is 13.4. The van der Waals surface area contributed by atoms with Crippen molar-refractivity contribution in [3.8, 4) is 0 Å². The molecule has 4 rings (SSSR count). The summed E-state index contributed by atoms with van der Waals surface area (Å²) in [6.45, 7) is 10.4. The summed E-state index contributed by atoms with van der Waals surface area (Å²) in [6, 6.07) is 11.1. The van der Waals surface area contributed by atoms with Gasteiger partial charge in [0.05, 0.1) is 5.52 Å². The summed E-state index contributed by atoms with van der Waals surface area (Å²) in [5.74, 6) is 0.0182. The van der Waals surface area contributed by atoms with Crippen LogP contribution in [-0.2, 0) is 4.79 Å². The van der Waals surface area contributed by atoms with E-state index in [4.69, 9.17) is 0 Å². The van der Waals surface area contributed by atoms with E-state index in [0.717, 1.165) is 35.4 Å². The zero-order valence-electron chi connectivity index (χ0n) is 17.5. The molecule has 1 amide bonds. The number of rotatable bonds is 3. The monoisotopic (exact) mass is 375 g/mol. The minimum atomic E-state index is 0.0182. The van der Waals surface area contributed by atoms with Crippen molar-refractivity contribution in [3.63, 3.8) is 0 Å². The van der Waals surface area contributed by atoms with E-state index in [2.05, 4.69) is 85.9 Å². The van der Waals surface area contributed by atoms with Gasteiger partial charge in [-0.3, -0.25) is 4.79 Å². The molecular weight excluding hydrogens is 346 g/mol. The summed E-state index contributed by atoms with van der Waals surface area (Å²) in [4.78, 5) is 15.1. The van der Waals surface area contributed by atoms with Crippen LogP contribution in [0.15, 0.2) is 42.0 Å². The van der Waals surface area contributed by atoms with E-state index in [-0.39, 0.29) is 5.91 Å². The first-order valence-corrected chi connectivity index (χ1v) is 10.1. The molecule has 1 aliphatic rings. The number of fused-ring (bicyclic) bond motifs is 3. The molecule has 0 saturated carbocycles. The standard InChI is InChI=1S/C24H29N3O/c1-15(2)27-20-11-7-6-10-19(20)22-17(4)23(16(3)13-21(22)27)25-24(28)18-9-8-12-26(5)14-18/h6-7,9-11,13,15H,8,12,14H2,1-5H3,(H,25,28). The summed E-state index contributed by atoms with van der Waals surface area (Å²) in [7, 11) is 2.06. The Balaban J connectivity index is 1.86. The lowest BCUT2D eigenvalue weighted by Crippen LogP contribution is -2.31. The van der Waals surface area contributed by atoms with Gasteiger partial charge in [0.15, 0.2) is 0 Å². The number of aryl methyl sites for hydroxylation is 2. The van der Waals surface area contributed by atoms with Crippen LogP contribution in [0.1, 0.15) is 37.4 Å². The molecule has 0 saturated heterocycles. The molecule has 0 bridgehead atoms. The quantitative estimate of drug-likeness (QED) is 0.684. The second kappa shape index (κ2) is 7.10. The molecule has 1 N–H and O–H groups in total. The van der Waals surface area contributed by atoms with Gasteiger partial charge in [0, 0.05) is 46.7 Å². The molecule has 2 aromatic carbocycles. The number of hydrogen-bond acceptors (Lipinski definition) is 2. The van der Waals surface area contributed by atoms with Crippen LogP contribution < -0.4 is 5.32 Å². The fourth-order valence-corrected chi connectivity index (χ4v) is 4.52. The van der Waals surface area contributed by atoms with Crippen LogP contribution in [0.4, 0.5) is 5.69 Å². The second-order valence-electron chi connectivity index (χ2n) is 8.28. The van der Waals surface area contributed by atoms with Gasteiger partial charge in [0.1, 0.15) is 0 Å². The third kappa shape index (κ3) is 3.02. The van der Waals surface area contributed by atoms with Gasteiger partial charge in [-0.1, -0.05) is 24.3 Å². The number of nitrogens with zero attached hydrogens (tertiary/aromatic N) is 2. The zero-order valence-corrected chi connectivity index (χ0v) is 17.5. The predicted octanol–water partition coefficient (Wildman–Crippen LogP) is 5.19. The molecule has 3 aromatic rings. The maximum Gasteiger partial charge on any atom is 0.252 e. The molecule has 0 radical (unpaired) electrons. The molecule has 4 heteroatoms. The minimum Gasteiger partial charge on any atom is -0.338 e. The van der Waals surface area contributed by atoms with Gasteiger partial charge in [-0.2, -0.15) is 0 Å². The molecular formula is C24H29N3O. The number of aromatic nitrogens is 1. The minimum absolute atomic E-state index is 0.0182. The van der Waals surface area contributed by atoms with E-state index in [1.54, 1.807) is 0 Å². The first kappa shape index (κ1) is 18.8. The van der Waals surface area contributed by atoms with Gasteiger partial charge in [-0.15, -0.1) is 0 Å². The maximum atomic E-state index is 12.9. The number of para-hydroxylation sites is 1. The third-order valence-corrected chi connectivity index (χ3v) is 5.83. The fraction of sp³-hybridized carbons (Fsp3) is 0.375. The molecule has 146 valence electrons. The molecule has 0 spiro atoms. The van der Waals surface area contributed by atoms with Gasteiger partial charge in [-0.25, -0.2) is 0 Å². The summed E-state index contributed by atoms with van der Waals surface area (Å²) in [6.07, 6.45) is 3.00. The SMILES string of the molecule is Cc1cc2c(c(C)c1NC(=O)C1=CCCN(C)C1)c1ccccc1n2C(C)C. The van der Waals surface area contributed by atoms with Crippen LogP contribution in [0, 0.1) is 13.8 Å². The van der Waals surface area contributed by atoms with Crippen LogP contribution in [0.3, 0.4) is 0 Å². The van der Waals surface area contributed by atoms with Crippen molar-refractivity contribution in [2.24, 2.45) is 0 Å². The first-order valence-electron chi connectivity index (χ1n) is 10.1. The molecule has 0 atom stereocenters. The van der Waals surface area contributed by atoms with E-state index in [1.807, 2.05) is 0 Å². The number of carbonyl (C=O) groups is 1. The molecule has 0 unspecified atom stereocenters. The van der Waals surface area contributed by atoms with Crippen molar-refractivity contribution >= 4 is 33.4 Å². The molecule has 4 nitrogen and oxygen atoms in total. The second-order valence-corrected chi connectivity index (χ2v) is 8.28. The Morgan fingerprint density at radius 2 is 1.89 bits per heavy atom. The highest BCUT2D eigenvalue weighted by atomic mass is 16.1. The fourth-order valence-electron chi connectivity index (χ4n) is 4.52. The highest BCUT2D eigenvalue weighted by Gasteiger charge is 2.21. The molecule has 28 heavy (non-hydrogen) atoms. The van der Waals surface area contributed by atoms with Crippen molar-refractivity contribution in [2.45, 2.75) is 40.2 Å². The average molecular weight is 376 g/mol. The average Bonchev–Trinajstić information content (AvgIpc) is 2.99. The van der Waals surface area contributed by atoms with Gasteiger partial charge in [0.25, 0.3) is 5.91 Å². The van der Waals surface area contributed by atoms with Crippen LogP contribution >= 0.6 is 0 Å². The topological polar surface area (TPSA) is 37.3 Å². The van der Waals surface area contributed by atoms with Crippen molar-refractivity contribution in [1.82, 2.24) is 9.47 Å².